The minimum Gasteiger partial charge on any atom is -0.0955 e. The van der Waals surface area contributed by atoms with Crippen molar-refractivity contribution < 1.29 is 0 Å². The Kier molecular flexibility index (Phi) is 1.80. The number of allylic oxidation sites excluding steroid dienone is 5. The van der Waals surface area contributed by atoms with Crippen LogP contribution in [0.4, 0.5) is 0 Å². The zero-order chi connectivity index (χ0) is 7.61. The van der Waals surface area contributed by atoms with Crippen LogP contribution in [0, 0.1) is 5.41 Å². The van der Waals surface area contributed by atoms with E-state index in [1.165, 1.54) is 5.57 Å². The quantitative estimate of drug-likeness (QED) is 0.446. The molecule has 1 aliphatic carbocycles. The van der Waals surface area contributed by atoms with E-state index >= 15 is 0 Å². The zero-order valence-corrected chi connectivity index (χ0v) is 6.72. The van der Waals surface area contributed by atoms with Crippen LogP contribution in [-0.4, -0.2) is 0 Å². The standard InChI is InChI=1S/C10H14/c1-9-5-4-7-10(2,3)8-6-9/h4,6-8H,1,5H2,2-3H3. The molecule has 10 heavy (non-hydrogen) atoms. The topological polar surface area (TPSA) is 0 Å². The van der Waals surface area contributed by atoms with Crippen molar-refractivity contribution >= 4 is 0 Å². The van der Waals surface area contributed by atoms with E-state index in [2.05, 4.69) is 44.7 Å². The first kappa shape index (κ1) is 7.33. The number of rotatable bonds is 0. The molecule has 0 fully saturated rings. The molecule has 1 rings (SSSR count). The lowest BCUT2D eigenvalue weighted by atomic mass is 9.93. The van der Waals surface area contributed by atoms with E-state index in [1.807, 2.05) is 0 Å². The fourth-order valence-corrected chi connectivity index (χ4v) is 0.970. The molecule has 0 unspecified atom stereocenters. The molecule has 0 radical (unpaired) electrons. The normalized spacial score (nSPS) is 22.8. The first-order valence-corrected chi connectivity index (χ1v) is 3.65. The van der Waals surface area contributed by atoms with E-state index in [-0.39, 0.29) is 5.41 Å². The first-order valence-electron chi connectivity index (χ1n) is 3.65. The molecule has 0 atom stereocenters. The lowest BCUT2D eigenvalue weighted by molar-refractivity contribution is 0.626. The van der Waals surface area contributed by atoms with Crippen molar-refractivity contribution in [1.82, 2.24) is 0 Å². The Balaban J connectivity index is 2.84. The Morgan fingerprint density at radius 1 is 1.40 bits per heavy atom. The van der Waals surface area contributed by atoms with Crippen molar-refractivity contribution in [3.63, 3.8) is 0 Å². The SMILES string of the molecule is C=C1C=CC(C)(C)C=CC1. The van der Waals surface area contributed by atoms with E-state index < -0.39 is 0 Å². The molecule has 0 aliphatic heterocycles. The Morgan fingerprint density at radius 3 is 2.80 bits per heavy atom. The van der Waals surface area contributed by atoms with Gasteiger partial charge in [-0.15, -0.1) is 0 Å². The second-order valence-corrected chi connectivity index (χ2v) is 3.42. The van der Waals surface area contributed by atoms with Gasteiger partial charge in [0.2, 0.25) is 0 Å². The summed E-state index contributed by atoms with van der Waals surface area (Å²) in [5.41, 5.74) is 1.42. The molecular formula is C10H14. The molecule has 0 heterocycles. The maximum absolute atomic E-state index is 3.90. The molecule has 0 aromatic carbocycles. The average Bonchev–Trinajstić information content (AvgIpc) is 1.94. The summed E-state index contributed by atoms with van der Waals surface area (Å²) in [5, 5.41) is 0. The largest absolute Gasteiger partial charge is 0.0955 e. The van der Waals surface area contributed by atoms with E-state index in [4.69, 9.17) is 0 Å². The third-order valence-electron chi connectivity index (χ3n) is 1.68. The summed E-state index contributed by atoms with van der Waals surface area (Å²) in [6.07, 6.45) is 9.71. The average molecular weight is 134 g/mol. The molecule has 0 aromatic heterocycles. The highest BCUT2D eigenvalue weighted by Crippen LogP contribution is 2.23. The van der Waals surface area contributed by atoms with Gasteiger partial charge in [-0.1, -0.05) is 50.3 Å². The Hall–Kier alpha value is -0.780. The van der Waals surface area contributed by atoms with Gasteiger partial charge in [-0.3, -0.25) is 0 Å². The molecule has 0 saturated heterocycles. The maximum Gasteiger partial charge on any atom is 0.000773 e. The third-order valence-corrected chi connectivity index (χ3v) is 1.68. The Bertz CT molecular complexity index is 192. The van der Waals surface area contributed by atoms with Gasteiger partial charge in [0, 0.05) is 5.41 Å². The molecule has 0 bridgehead atoms. The maximum atomic E-state index is 3.90. The zero-order valence-electron chi connectivity index (χ0n) is 6.72. The predicted molar refractivity (Wildman–Crippen MR) is 45.8 cm³/mol. The van der Waals surface area contributed by atoms with Gasteiger partial charge in [-0.25, -0.2) is 0 Å². The van der Waals surface area contributed by atoms with E-state index in [1.54, 1.807) is 0 Å². The molecule has 1 aliphatic rings. The van der Waals surface area contributed by atoms with E-state index in [0.717, 1.165) is 6.42 Å². The smallest absolute Gasteiger partial charge is 0.000773 e. The molecular weight excluding hydrogens is 120 g/mol. The molecule has 0 saturated carbocycles. The minimum atomic E-state index is 0.222. The summed E-state index contributed by atoms with van der Waals surface area (Å²) >= 11 is 0. The van der Waals surface area contributed by atoms with Crippen molar-refractivity contribution in [3.8, 4) is 0 Å². The second-order valence-electron chi connectivity index (χ2n) is 3.42. The summed E-state index contributed by atoms with van der Waals surface area (Å²) in [6, 6.07) is 0. The number of hydrogen-bond acceptors (Lipinski definition) is 0. The van der Waals surface area contributed by atoms with Crippen molar-refractivity contribution in [2.75, 3.05) is 0 Å². The predicted octanol–water partition coefficient (Wildman–Crippen LogP) is 3.08. The molecule has 0 heteroatoms. The van der Waals surface area contributed by atoms with Crippen molar-refractivity contribution in [1.29, 1.82) is 0 Å². The van der Waals surface area contributed by atoms with Gasteiger partial charge in [0.15, 0.2) is 0 Å². The molecule has 0 N–H and O–H groups in total. The lowest BCUT2D eigenvalue weighted by Gasteiger charge is -2.11. The first-order chi connectivity index (χ1) is 4.60. The summed E-state index contributed by atoms with van der Waals surface area (Å²) in [6.45, 7) is 8.29. The van der Waals surface area contributed by atoms with Crippen LogP contribution in [0.2, 0.25) is 0 Å². The van der Waals surface area contributed by atoms with Crippen LogP contribution in [-0.2, 0) is 0 Å². The van der Waals surface area contributed by atoms with Gasteiger partial charge in [-0.2, -0.15) is 0 Å². The second kappa shape index (κ2) is 2.45. The van der Waals surface area contributed by atoms with E-state index in [0.29, 0.717) is 0 Å². The highest BCUT2D eigenvalue weighted by atomic mass is 14.1. The van der Waals surface area contributed by atoms with Gasteiger partial charge >= 0.3 is 0 Å². The molecule has 0 spiro atoms. The molecule has 0 aromatic rings. The fraction of sp³-hybridized carbons (Fsp3) is 0.400. The molecule has 0 amide bonds. The Morgan fingerprint density at radius 2 is 2.10 bits per heavy atom. The van der Waals surface area contributed by atoms with Crippen LogP contribution in [0.5, 0.6) is 0 Å². The minimum absolute atomic E-state index is 0.222. The van der Waals surface area contributed by atoms with Crippen molar-refractivity contribution in [2.24, 2.45) is 5.41 Å². The Labute approximate surface area is 62.9 Å². The highest BCUT2D eigenvalue weighted by Gasteiger charge is 2.09. The molecule has 54 valence electrons. The van der Waals surface area contributed by atoms with Gasteiger partial charge in [-0.05, 0) is 6.42 Å². The van der Waals surface area contributed by atoms with Crippen LogP contribution in [0.15, 0.2) is 36.5 Å². The summed E-state index contributed by atoms with van der Waals surface area (Å²) in [4.78, 5) is 0. The van der Waals surface area contributed by atoms with Crippen molar-refractivity contribution in [2.45, 2.75) is 20.3 Å². The lowest BCUT2D eigenvalue weighted by Crippen LogP contribution is -2.00. The van der Waals surface area contributed by atoms with Gasteiger partial charge in [0.1, 0.15) is 0 Å². The number of hydrogen-bond donors (Lipinski definition) is 0. The van der Waals surface area contributed by atoms with Gasteiger partial charge in [0.05, 0.1) is 0 Å². The monoisotopic (exact) mass is 134 g/mol. The van der Waals surface area contributed by atoms with E-state index in [9.17, 15) is 0 Å². The van der Waals surface area contributed by atoms with Crippen LogP contribution in [0.25, 0.3) is 0 Å². The van der Waals surface area contributed by atoms with Crippen LogP contribution >= 0.6 is 0 Å². The van der Waals surface area contributed by atoms with Gasteiger partial charge in [0.25, 0.3) is 0 Å². The highest BCUT2D eigenvalue weighted by molar-refractivity contribution is 5.25. The van der Waals surface area contributed by atoms with Crippen LogP contribution < -0.4 is 0 Å². The van der Waals surface area contributed by atoms with Crippen molar-refractivity contribution in [3.05, 3.63) is 36.5 Å². The third kappa shape index (κ3) is 1.87. The summed E-state index contributed by atoms with van der Waals surface area (Å²) in [7, 11) is 0. The summed E-state index contributed by atoms with van der Waals surface area (Å²) in [5.74, 6) is 0. The van der Waals surface area contributed by atoms with Crippen LogP contribution in [0.1, 0.15) is 20.3 Å². The van der Waals surface area contributed by atoms with Gasteiger partial charge < -0.3 is 0 Å². The fourth-order valence-electron chi connectivity index (χ4n) is 0.970. The molecule has 0 nitrogen and oxygen atoms in total. The summed E-state index contributed by atoms with van der Waals surface area (Å²) < 4.78 is 0. The van der Waals surface area contributed by atoms with Crippen LogP contribution in [0.3, 0.4) is 0 Å².